The second-order valence-corrected chi connectivity index (χ2v) is 7.83. The molecule has 6 nitrogen and oxygen atoms in total. The molecular formula is C16H29N3O3. The summed E-state index contributed by atoms with van der Waals surface area (Å²) < 4.78 is 5.30. The predicted octanol–water partition coefficient (Wildman–Crippen LogP) is 1.49. The van der Waals surface area contributed by atoms with E-state index in [2.05, 4.69) is 10.2 Å². The van der Waals surface area contributed by atoms with Crippen LogP contribution in [0.3, 0.4) is 0 Å². The van der Waals surface area contributed by atoms with Crippen LogP contribution in [0.4, 0.5) is 4.79 Å². The maximum absolute atomic E-state index is 11.8. The zero-order valence-electron chi connectivity index (χ0n) is 14.0. The van der Waals surface area contributed by atoms with Crippen molar-refractivity contribution < 1.29 is 14.3 Å². The minimum absolute atomic E-state index is 0.0176. The molecular weight excluding hydrogens is 282 g/mol. The summed E-state index contributed by atoms with van der Waals surface area (Å²) in [5.41, 5.74) is 5.04. The summed E-state index contributed by atoms with van der Waals surface area (Å²) in [5.74, 6) is -0.215. The maximum atomic E-state index is 11.8. The first-order valence-electron chi connectivity index (χ1n) is 8.18. The van der Waals surface area contributed by atoms with E-state index in [-0.39, 0.29) is 23.3 Å². The van der Waals surface area contributed by atoms with Crippen LogP contribution in [0.5, 0.6) is 0 Å². The first-order chi connectivity index (χ1) is 10.2. The smallest absolute Gasteiger partial charge is 0.407 e. The minimum Gasteiger partial charge on any atom is -0.444 e. The molecule has 0 aromatic heterocycles. The average Bonchev–Trinajstić information content (AvgIpc) is 2.78. The van der Waals surface area contributed by atoms with Crippen molar-refractivity contribution >= 4 is 12.0 Å². The molecule has 6 heteroatoms. The number of likely N-dealkylation sites (tertiary alicyclic amines) is 1. The van der Waals surface area contributed by atoms with Crippen LogP contribution in [0, 0.1) is 11.3 Å². The monoisotopic (exact) mass is 311 g/mol. The molecule has 2 rings (SSSR count). The molecule has 2 amide bonds. The molecule has 0 aromatic carbocycles. The Morgan fingerprint density at radius 2 is 2.05 bits per heavy atom. The highest BCUT2D eigenvalue weighted by atomic mass is 16.6. The number of carbonyl (C=O) groups excluding carboxylic acids is 2. The molecule has 1 unspecified atom stereocenters. The number of nitrogens with one attached hydrogen (secondary N) is 1. The Morgan fingerprint density at radius 3 is 2.50 bits per heavy atom. The first kappa shape index (κ1) is 17.1. The lowest BCUT2D eigenvalue weighted by Gasteiger charge is -2.44. The molecule has 22 heavy (non-hydrogen) atoms. The lowest BCUT2D eigenvalue weighted by atomic mass is 9.68. The first-order valence-corrected chi connectivity index (χ1v) is 8.18. The summed E-state index contributed by atoms with van der Waals surface area (Å²) in [6, 6.07) is 0. The largest absolute Gasteiger partial charge is 0.444 e. The van der Waals surface area contributed by atoms with Crippen molar-refractivity contribution in [2.45, 2.75) is 52.1 Å². The van der Waals surface area contributed by atoms with E-state index in [1.54, 1.807) is 0 Å². The Balaban J connectivity index is 1.80. The third kappa shape index (κ3) is 4.60. The van der Waals surface area contributed by atoms with Gasteiger partial charge >= 0.3 is 6.09 Å². The number of hydrogen-bond acceptors (Lipinski definition) is 4. The van der Waals surface area contributed by atoms with E-state index in [9.17, 15) is 9.59 Å². The number of hydrogen-bond donors (Lipinski definition) is 2. The van der Waals surface area contributed by atoms with Gasteiger partial charge in [0.1, 0.15) is 5.60 Å². The molecule has 3 N–H and O–H groups in total. The average molecular weight is 311 g/mol. The summed E-state index contributed by atoms with van der Waals surface area (Å²) in [7, 11) is 0. The van der Waals surface area contributed by atoms with Crippen molar-refractivity contribution in [1.82, 2.24) is 10.2 Å². The van der Waals surface area contributed by atoms with Gasteiger partial charge in [-0.15, -0.1) is 0 Å². The molecule has 0 spiro atoms. The summed E-state index contributed by atoms with van der Waals surface area (Å²) in [5, 5.41) is 2.91. The number of carbonyl (C=O) groups is 2. The number of ether oxygens (including phenoxy) is 1. The topological polar surface area (TPSA) is 84.7 Å². The van der Waals surface area contributed by atoms with Gasteiger partial charge in [-0.25, -0.2) is 4.79 Å². The van der Waals surface area contributed by atoms with Crippen molar-refractivity contribution in [3.05, 3.63) is 0 Å². The Labute approximate surface area is 132 Å². The molecule has 2 aliphatic rings. The molecule has 0 aromatic rings. The SMILES string of the molecule is CC(C)(C)OC(=O)NCC1(CN2CCC(C(N)=O)C2)CCC1. The molecule has 1 aliphatic heterocycles. The van der Waals surface area contributed by atoms with Gasteiger partial charge in [0.2, 0.25) is 5.91 Å². The third-order valence-electron chi connectivity index (χ3n) is 4.65. The van der Waals surface area contributed by atoms with E-state index >= 15 is 0 Å². The number of primary amides is 1. The van der Waals surface area contributed by atoms with Crippen LogP contribution in [-0.2, 0) is 9.53 Å². The van der Waals surface area contributed by atoms with Gasteiger partial charge in [0.15, 0.2) is 0 Å². The van der Waals surface area contributed by atoms with Crippen molar-refractivity contribution in [2.75, 3.05) is 26.2 Å². The normalized spacial score (nSPS) is 24.6. The van der Waals surface area contributed by atoms with Gasteiger partial charge in [-0.05, 0) is 46.6 Å². The minimum atomic E-state index is -0.472. The highest BCUT2D eigenvalue weighted by molar-refractivity contribution is 5.77. The van der Waals surface area contributed by atoms with Crippen molar-refractivity contribution in [3.8, 4) is 0 Å². The molecule has 2 fully saturated rings. The fourth-order valence-corrected chi connectivity index (χ4v) is 3.32. The van der Waals surface area contributed by atoms with Gasteiger partial charge < -0.3 is 20.7 Å². The second kappa shape index (κ2) is 6.44. The van der Waals surface area contributed by atoms with Crippen molar-refractivity contribution in [2.24, 2.45) is 17.1 Å². The van der Waals surface area contributed by atoms with Gasteiger partial charge in [-0.3, -0.25) is 4.79 Å². The van der Waals surface area contributed by atoms with Crippen LogP contribution in [0.1, 0.15) is 46.5 Å². The van der Waals surface area contributed by atoms with Crippen LogP contribution in [0.2, 0.25) is 0 Å². The van der Waals surface area contributed by atoms with Crippen LogP contribution in [0.15, 0.2) is 0 Å². The highest BCUT2D eigenvalue weighted by Crippen LogP contribution is 2.41. The molecule has 126 valence electrons. The van der Waals surface area contributed by atoms with Gasteiger partial charge in [0, 0.05) is 25.0 Å². The number of nitrogens with zero attached hydrogens (tertiary/aromatic N) is 1. The van der Waals surface area contributed by atoms with Gasteiger partial charge in [0.05, 0.1) is 5.92 Å². The van der Waals surface area contributed by atoms with Gasteiger partial charge in [0.25, 0.3) is 0 Å². The van der Waals surface area contributed by atoms with Gasteiger partial charge in [-0.1, -0.05) is 6.42 Å². The highest BCUT2D eigenvalue weighted by Gasteiger charge is 2.41. The van der Waals surface area contributed by atoms with E-state index < -0.39 is 5.60 Å². The van der Waals surface area contributed by atoms with Gasteiger partial charge in [-0.2, -0.15) is 0 Å². The van der Waals surface area contributed by atoms with E-state index in [0.29, 0.717) is 6.54 Å². The third-order valence-corrected chi connectivity index (χ3v) is 4.65. The zero-order valence-corrected chi connectivity index (χ0v) is 14.0. The number of amides is 2. The summed E-state index contributed by atoms with van der Waals surface area (Å²) >= 11 is 0. The summed E-state index contributed by atoms with van der Waals surface area (Å²) in [6.45, 7) is 8.82. The van der Waals surface area contributed by atoms with E-state index in [1.165, 1.54) is 6.42 Å². The number of alkyl carbamates (subject to hydrolysis) is 1. The fourth-order valence-electron chi connectivity index (χ4n) is 3.32. The maximum Gasteiger partial charge on any atom is 0.407 e. The van der Waals surface area contributed by atoms with E-state index in [4.69, 9.17) is 10.5 Å². The fraction of sp³-hybridized carbons (Fsp3) is 0.875. The van der Waals surface area contributed by atoms with Crippen LogP contribution >= 0.6 is 0 Å². The molecule has 1 saturated carbocycles. The van der Waals surface area contributed by atoms with Crippen LogP contribution in [0.25, 0.3) is 0 Å². The van der Waals surface area contributed by atoms with Crippen molar-refractivity contribution in [1.29, 1.82) is 0 Å². The zero-order chi connectivity index (χ0) is 16.4. The molecule has 0 bridgehead atoms. The molecule has 1 aliphatic carbocycles. The number of rotatable bonds is 5. The predicted molar refractivity (Wildman–Crippen MR) is 84.3 cm³/mol. The molecule has 1 heterocycles. The quantitative estimate of drug-likeness (QED) is 0.805. The Morgan fingerprint density at radius 1 is 1.36 bits per heavy atom. The van der Waals surface area contributed by atoms with E-state index in [0.717, 1.165) is 38.9 Å². The Hall–Kier alpha value is -1.30. The molecule has 0 radical (unpaired) electrons. The van der Waals surface area contributed by atoms with E-state index in [1.807, 2.05) is 20.8 Å². The Bertz CT molecular complexity index is 427. The number of nitrogens with two attached hydrogens (primary N) is 1. The standard InChI is InChI=1S/C16H29N3O3/c1-15(2,3)22-14(21)18-10-16(6-4-7-16)11-19-8-5-12(9-19)13(17)20/h12H,4-11H2,1-3H3,(H2,17,20)(H,18,21). The molecule has 1 atom stereocenters. The second-order valence-electron chi connectivity index (χ2n) is 7.83. The lowest BCUT2D eigenvalue weighted by molar-refractivity contribution is -0.121. The Kier molecular flexibility index (Phi) is 5.00. The summed E-state index contributed by atoms with van der Waals surface area (Å²) in [4.78, 5) is 25.4. The lowest BCUT2D eigenvalue weighted by Crippen LogP contribution is -2.50. The molecule has 1 saturated heterocycles. The van der Waals surface area contributed by atoms with Crippen LogP contribution < -0.4 is 11.1 Å². The van der Waals surface area contributed by atoms with Crippen molar-refractivity contribution in [3.63, 3.8) is 0 Å². The summed E-state index contributed by atoms with van der Waals surface area (Å²) in [6.07, 6.45) is 3.92. The van der Waals surface area contributed by atoms with Crippen LogP contribution in [-0.4, -0.2) is 48.7 Å².